The third kappa shape index (κ3) is 8.73. The van der Waals surface area contributed by atoms with Gasteiger partial charge in [0.2, 0.25) is 0 Å². The quantitative estimate of drug-likeness (QED) is 0.122. The molecular formula is C60H49HfSi-3. The van der Waals surface area contributed by atoms with Crippen LogP contribution < -0.4 is 10.4 Å². The Morgan fingerprint density at radius 1 is 0.403 bits per heavy atom. The zero-order valence-corrected chi connectivity index (χ0v) is 41.0. The van der Waals surface area contributed by atoms with Gasteiger partial charge in [-0.05, 0) is 74.9 Å². The molecule has 0 N–H and O–H groups in total. The minimum absolute atomic E-state index is 0. The Labute approximate surface area is 389 Å². The molecule has 10 aromatic carbocycles. The first kappa shape index (κ1) is 42.7. The van der Waals surface area contributed by atoms with Crippen molar-refractivity contribution < 1.29 is 25.8 Å². The van der Waals surface area contributed by atoms with Crippen LogP contribution in [0.5, 0.6) is 0 Å². The summed E-state index contributed by atoms with van der Waals surface area (Å²) in [4.78, 5) is 0. The van der Waals surface area contributed by atoms with Crippen LogP contribution in [0.2, 0.25) is 0 Å². The second-order valence-corrected chi connectivity index (χ2v) is 17.8. The second kappa shape index (κ2) is 18.6. The molecule has 1 aliphatic rings. The topological polar surface area (TPSA) is 0 Å². The Bertz CT molecular complexity index is 2950. The Morgan fingerprint density at radius 3 is 1.37 bits per heavy atom. The number of rotatable bonds is 4. The third-order valence-corrected chi connectivity index (χ3v) is 13.6. The van der Waals surface area contributed by atoms with Crippen molar-refractivity contribution in [1.82, 2.24) is 0 Å². The van der Waals surface area contributed by atoms with Crippen LogP contribution in [0.25, 0.3) is 77.2 Å². The Hall–Kier alpha value is -5.93. The van der Waals surface area contributed by atoms with E-state index >= 15 is 0 Å². The van der Waals surface area contributed by atoms with Crippen molar-refractivity contribution in [3.05, 3.63) is 228 Å². The predicted octanol–water partition coefficient (Wildman–Crippen LogP) is 14.8. The van der Waals surface area contributed by atoms with Crippen molar-refractivity contribution >= 4 is 41.4 Å². The van der Waals surface area contributed by atoms with Crippen LogP contribution in [0, 0.1) is 47.6 Å². The standard InChI is InChI=1S/2C24H21.C12H7Si.Hf/c2*1-16-12-17(2)18(3)23(13-16)22-11-7-10-20-14-21(15-24(20)22)19-8-5-4-6-9-19;1-3-7-11-9(5-1)10-6-2-4-8-12(10)13-11;/h2*4-15H,1-3H3;1-7H;/q3*-1;. The van der Waals surface area contributed by atoms with Crippen molar-refractivity contribution in [2.24, 2.45) is 0 Å². The molecule has 0 amide bonds. The van der Waals surface area contributed by atoms with Gasteiger partial charge < -0.3 is 0 Å². The average Bonchev–Trinajstić information content (AvgIpc) is 4.03. The molecule has 300 valence electrons. The normalized spacial score (nSPS) is 11.2. The Morgan fingerprint density at radius 2 is 0.855 bits per heavy atom. The molecule has 0 saturated carbocycles. The molecule has 1 heterocycles. The Kier molecular flexibility index (Phi) is 12.8. The van der Waals surface area contributed by atoms with Crippen LogP contribution >= 0.6 is 0 Å². The summed E-state index contributed by atoms with van der Waals surface area (Å²) in [5.41, 5.74) is 21.4. The van der Waals surface area contributed by atoms with E-state index in [1.54, 1.807) is 0 Å². The smallest absolute Gasteiger partial charge is 0.0920 e. The van der Waals surface area contributed by atoms with Gasteiger partial charge in [0, 0.05) is 25.8 Å². The molecule has 2 radical (unpaired) electrons. The summed E-state index contributed by atoms with van der Waals surface area (Å²) in [5, 5.41) is 8.12. The number of hydrogen-bond acceptors (Lipinski definition) is 0. The van der Waals surface area contributed by atoms with E-state index in [4.69, 9.17) is 0 Å². The molecule has 0 aliphatic carbocycles. The molecule has 0 fully saturated rings. The van der Waals surface area contributed by atoms with Gasteiger partial charge in [0.15, 0.2) is 0 Å². The van der Waals surface area contributed by atoms with Gasteiger partial charge in [-0.15, -0.1) is 74.6 Å². The van der Waals surface area contributed by atoms with E-state index in [9.17, 15) is 0 Å². The van der Waals surface area contributed by atoms with Gasteiger partial charge in [0.1, 0.15) is 0 Å². The van der Waals surface area contributed by atoms with Gasteiger partial charge >= 0.3 is 0 Å². The molecule has 0 nitrogen and oxygen atoms in total. The first-order valence-corrected chi connectivity index (χ1v) is 22.2. The van der Waals surface area contributed by atoms with Crippen LogP contribution in [0.4, 0.5) is 0 Å². The van der Waals surface area contributed by atoms with Crippen LogP contribution in [-0.4, -0.2) is 9.52 Å². The van der Waals surface area contributed by atoms with E-state index in [1.165, 1.54) is 121 Å². The van der Waals surface area contributed by atoms with E-state index in [2.05, 4.69) is 230 Å². The first-order valence-electron chi connectivity index (χ1n) is 21.2. The maximum atomic E-state index is 3.31. The van der Waals surface area contributed by atoms with Gasteiger partial charge in [0.25, 0.3) is 0 Å². The van der Waals surface area contributed by atoms with Crippen molar-refractivity contribution in [1.29, 1.82) is 0 Å². The van der Waals surface area contributed by atoms with Crippen LogP contribution in [0.15, 0.2) is 188 Å². The summed E-state index contributed by atoms with van der Waals surface area (Å²) in [6, 6.07) is 71.1. The molecule has 0 spiro atoms. The molecule has 0 bridgehead atoms. The van der Waals surface area contributed by atoms with Crippen LogP contribution in [0.1, 0.15) is 33.4 Å². The van der Waals surface area contributed by atoms with Gasteiger partial charge in [-0.2, -0.15) is 29.5 Å². The number of hydrogen-bond donors (Lipinski definition) is 0. The van der Waals surface area contributed by atoms with Crippen LogP contribution in [-0.2, 0) is 25.8 Å². The average molecular weight is 977 g/mol. The predicted molar refractivity (Wildman–Crippen MR) is 265 cm³/mol. The molecule has 10 aromatic rings. The van der Waals surface area contributed by atoms with E-state index in [0.717, 1.165) is 9.52 Å². The molecule has 0 saturated heterocycles. The largest absolute Gasteiger partial charge is 0.184 e. The van der Waals surface area contributed by atoms with E-state index in [-0.39, 0.29) is 25.8 Å². The fraction of sp³-hybridized carbons (Fsp3) is 0.100. The maximum Gasteiger partial charge on any atom is 0.0920 e. The Balaban J connectivity index is 0.000000132. The summed E-state index contributed by atoms with van der Waals surface area (Å²) < 4.78 is 0. The minimum Gasteiger partial charge on any atom is -0.184 e. The van der Waals surface area contributed by atoms with Gasteiger partial charge in [-0.1, -0.05) is 178 Å². The van der Waals surface area contributed by atoms with Crippen molar-refractivity contribution in [2.45, 2.75) is 41.5 Å². The number of aryl methyl sites for hydroxylation is 4. The van der Waals surface area contributed by atoms with Gasteiger partial charge in [0.05, 0.1) is 9.52 Å². The zero-order chi connectivity index (χ0) is 42.0. The molecule has 0 aromatic heterocycles. The van der Waals surface area contributed by atoms with E-state index in [0.29, 0.717) is 0 Å². The summed E-state index contributed by atoms with van der Waals surface area (Å²) in [6.45, 7) is 13.2. The summed E-state index contributed by atoms with van der Waals surface area (Å²) >= 11 is 0. The summed E-state index contributed by atoms with van der Waals surface area (Å²) in [7, 11) is 0.795. The maximum absolute atomic E-state index is 3.31. The fourth-order valence-electron chi connectivity index (χ4n) is 8.90. The summed E-state index contributed by atoms with van der Waals surface area (Å²) in [6.07, 6.45) is 0. The van der Waals surface area contributed by atoms with Crippen molar-refractivity contribution in [3.8, 4) is 55.6 Å². The molecule has 62 heavy (non-hydrogen) atoms. The van der Waals surface area contributed by atoms with Crippen molar-refractivity contribution in [3.63, 3.8) is 0 Å². The molecule has 0 atom stereocenters. The van der Waals surface area contributed by atoms with E-state index in [1.807, 2.05) is 6.07 Å². The molecule has 0 unspecified atom stereocenters. The summed E-state index contributed by atoms with van der Waals surface area (Å²) in [5.74, 6) is 0. The molecule has 1 aliphatic heterocycles. The first-order chi connectivity index (χ1) is 29.7. The third-order valence-electron chi connectivity index (χ3n) is 12.3. The van der Waals surface area contributed by atoms with Gasteiger partial charge in [-0.3, -0.25) is 0 Å². The number of fused-ring (bicyclic) bond motifs is 5. The van der Waals surface area contributed by atoms with E-state index < -0.39 is 0 Å². The SMILES string of the molecule is Cc1cc(C)c(C)c(-c2cccc3[cH-]c(-c4ccccc4)cc23)c1.Cc1cc(C)c(C)c(-c2cccc3[cH-]c(-c4ccccc4)cc23)c1.[Hf].[c-]1cccc2c1[Si]c1ccccc1-2. The zero-order valence-electron chi connectivity index (χ0n) is 36.4. The van der Waals surface area contributed by atoms with Gasteiger partial charge in [-0.25, -0.2) is 0 Å². The van der Waals surface area contributed by atoms with Crippen molar-refractivity contribution in [2.75, 3.05) is 0 Å². The molecular weight excluding hydrogens is 927 g/mol. The molecule has 11 rings (SSSR count). The van der Waals surface area contributed by atoms with Crippen LogP contribution in [0.3, 0.4) is 0 Å². The molecule has 2 heteroatoms. The second-order valence-electron chi connectivity index (χ2n) is 16.5. The number of benzene rings is 8. The monoisotopic (exact) mass is 977 g/mol. The fourth-order valence-corrected chi connectivity index (χ4v) is 10.2. The minimum atomic E-state index is 0.